The van der Waals surface area contributed by atoms with Crippen molar-refractivity contribution >= 4 is 17.3 Å². The van der Waals surface area contributed by atoms with Gasteiger partial charge in [-0.2, -0.15) is 0 Å². The van der Waals surface area contributed by atoms with Gasteiger partial charge in [-0.25, -0.2) is 0 Å². The quantitative estimate of drug-likeness (QED) is 0.678. The van der Waals surface area contributed by atoms with Crippen molar-refractivity contribution in [1.29, 1.82) is 0 Å². The van der Waals surface area contributed by atoms with Crippen LogP contribution in [0.3, 0.4) is 0 Å². The minimum atomic E-state index is -0.796. The summed E-state index contributed by atoms with van der Waals surface area (Å²) in [7, 11) is 0. The molecule has 108 valence electrons. The lowest BCUT2D eigenvalue weighted by Crippen LogP contribution is -2.42. The summed E-state index contributed by atoms with van der Waals surface area (Å²) in [4.78, 5) is 23.9. The van der Waals surface area contributed by atoms with Gasteiger partial charge in [0.25, 0.3) is 5.69 Å². The lowest BCUT2D eigenvalue weighted by atomic mass is 9.80. The van der Waals surface area contributed by atoms with E-state index in [0.29, 0.717) is 31.6 Å². The van der Waals surface area contributed by atoms with Gasteiger partial charge >= 0.3 is 5.97 Å². The third kappa shape index (κ3) is 2.59. The van der Waals surface area contributed by atoms with Crippen molar-refractivity contribution in [3.63, 3.8) is 0 Å². The molecule has 0 aliphatic carbocycles. The monoisotopic (exact) mass is 278 g/mol. The van der Waals surface area contributed by atoms with Crippen LogP contribution in [0.2, 0.25) is 0 Å². The third-order valence-electron chi connectivity index (χ3n) is 4.05. The molecule has 0 atom stereocenters. The van der Waals surface area contributed by atoms with Gasteiger partial charge in [0.1, 0.15) is 5.69 Å². The first-order valence-corrected chi connectivity index (χ1v) is 6.57. The first-order chi connectivity index (χ1) is 9.33. The second-order valence-electron chi connectivity index (χ2n) is 5.60. The highest BCUT2D eigenvalue weighted by atomic mass is 16.6. The first-order valence-electron chi connectivity index (χ1n) is 6.57. The molecule has 1 fully saturated rings. The Morgan fingerprint density at radius 2 is 2.00 bits per heavy atom. The second kappa shape index (κ2) is 5.11. The van der Waals surface area contributed by atoms with E-state index in [-0.39, 0.29) is 10.6 Å². The molecule has 0 unspecified atom stereocenters. The number of carboxylic acid groups (broad SMARTS) is 1. The van der Waals surface area contributed by atoms with E-state index < -0.39 is 11.4 Å². The second-order valence-corrected chi connectivity index (χ2v) is 5.60. The Bertz CT molecular complexity index is 548. The minimum Gasteiger partial charge on any atom is -0.481 e. The van der Waals surface area contributed by atoms with Crippen LogP contribution < -0.4 is 4.90 Å². The van der Waals surface area contributed by atoms with Crippen LogP contribution in [0, 0.1) is 22.5 Å². The van der Waals surface area contributed by atoms with Crippen molar-refractivity contribution in [3.8, 4) is 0 Å². The van der Waals surface area contributed by atoms with Crippen molar-refractivity contribution in [2.75, 3.05) is 18.0 Å². The highest BCUT2D eigenvalue weighted by molar-refractivity contribution is 5.75. The lowest BCUT2D eigenvalue weighted by Gasteiger charge is -2.37. The van der Waals surface area contributed by atoms with Gasteiger partial charge in [-0.3, -0.25) is 14.9 Å². The molecular weight excluding hydrogens is 260 g/mol. The molecule has 0 spiro atoms. The van der Waals surface area contributed by atoms with Crippen LogP contribution in [0.1, 0.15) is 25.3 Å². The van der Waals surface area contributed by atoms with E-state index >= 15 is 0 Å². The fourth-order valence-corrected chi connectivity index (χ4v) is 2.50. The summed E-state index contributed by atoms with van der Waals surface area (Å²) in [5.41, 5.74) is 0.778. The number of hydrogen-bond donors (Lipinski definition) is 1. The van der Waals surface area contributed by atoms with Crippen LogP contribution in [0.25, 0.3) is 0 Å². The Morgan fingerprint density at radius 3 is 2.50 bits per heavy atom. The van der Waals surface area contributed by atoms with Crippen LogP contribution in [-0.2, 0) is 4.79 Å². The van der Waals surface area contributed by atoms with E-state index in [1.54, 1.807) is 19.1 Å². The number of nitrogens with zero attached hydrogens (tertiary/aromatic N) is 2. The van der Waals surface area contributed by atoms with Crippen molar-refractivity contribution in [2.24, 2.45) is 5.41 Å². The summed E-state index contributed by atoms with van der Waals surface area (Å²) in [6.45, 7) is 4.59. The first kappa shape index (κ1) is 14.3. The molecule has 6 heteroatoms. The molecule has 1 saturated heterocycles. The lowest BCUT2D eigenvalue weighted by molar-refractivity contribution is -0.384. The molecular formula is C14H18N2O4. The van der Waals surface area contributed by atoms with Gasteiger partial charge in [0.05, 0.1) is 10.3 Å². The molecule has 1 aliphatic rings. The van der Waals surface area contributed by atoms with E-state index in [9.17, 15) is 20.0 Å². The maximum absolute atomic E-state index is 11.2. The third-order valence-corrected chi connectivity index (χ3v) is 4.05. The van der Waals surface area contributed by atoms with E-state index in [0.717, 1.165) is 5.56 Å². The zero-order valence-corrected chi connectivity index (χ0v) is 11.6. The van der Waals surface area contributed by atoms with Gasteiger partial charge in [-0.15, -0.1) is 0 Å². The van der Waals surface area contributed by atoms with Crippen molar-refractivity contribution < 1.29 is 14.8 Å². The molecule has 1 aromatic rings. The highest BCUT2D eigenvalue weighted by Crippen LogP contribution is 2.36. The van der Waals surface area contributed by atoms with Crippen molar-refractivity contribution in [2.45, 2.75) is 26.7 Å². The standard InChI is InChI=1S/C14H18N2O4/c1-10-3-4-11(12(9-10)16(19)20)15-7-5-14(2,6-8-15)13(17)18/h3-4,9H,5-8H2,1-2H3,(H,17,18). The number of rotatable bonds is 3. The average Bonchev–Trinajstić information content (AvgIpc) is 2.39. The SMILES string of the molecule is Cc1ccc(N2CCC(C)(C(=O)O)CC2)c([N+](=O)[O-])c1. The highest BCUT2D eigenvalue weighted by Gasteiger charge is 2.37. The Morgan fingerprint density at radius 1 is 1.40 bits per heavy atom. The molecule has 0 aromatic heterocycles. The molecule has 6 nitrogen and oxygen atoms in total. The maximum atomic E-state index is 11.2. The molecule has 20 heavy (non-hydrogen) atoms. The number of nitro benzene ring substituents is 1. The zero-order valence-electron chi connectivity index (χ0n) is 11.6. The number of piperidine rings is 1. The molecule has 1 N–H and O–H groups in total. The summed E-state index contributed by atoms with van der Waals surface area (Å²) in [5, 5.41) is 20.3. The Balaban J connectivity index is 2.23. The number of anilines is 1. The predicted molar refractivity (Wildman–Crippen MR) is 75.0 cm³/mol. The predicted octanol–water partition coefficient (Wildman–Crippen LogP) is 2.59. The van der Waals surface area contributed by atoms with E-state index in [2.05, 4.69) is 0 Å². The number of aliphatic carboxylic acids is 1. The largest absolute Gasteiger partial charge is 0.481 e. The molecule has 0 saturated carbocycles. The van der Waals surface area contributed by atoms with E-state index in [1.807, 2.05) is 17.9 Å². The molecule has 1 aliphatic heterocycles. The number of carboxylic acids is 1. The molecule has 0 radical (unpaired) electrons. The fraction of sp³-hybridized carbons (Fsp3) is 0.500. The van der Waals surface area contributed by atoms with Crippen LogP contribution in [0.5, 0.6) is 0 Å². The van der Waals surface area contributed by atoms with Crippen molar-refractivity contribution in [1.82, 2.24) is 0 Å². The van der Waals surface area contributed by atoms with Crippen LogP contribution in [0.4, 0.5) is 11.4 Å². The number of carbonyl (C=O) groups is 1. The summed E-state index contributed by atoms with van der Waals surface area (Å²) in [6.07, 6.45) is 0.987. The number of nitro groups is 1. The molecule has 1 aromatic carbocycles. The molecule has 0 amide bonds. The summed E-state index contributed by atoms with van der Waals surface area (Å²) >= 11 is 0. The summed E-state index contributed by atoms with van der Waals surface area (Å²) < 4.78 is 0. The molecule has 0 bridgehead atoms. The normalized spacial score (nSPS) is 17.8. The van der Waals surface area contributed by atoms with Crippen LogP contribution in [0.15, 0.2) is 18.2 Å². The molecule has 2 rings (SSSR count). The van der Waals surface area contributed by atoms with E-state index in [1.165, 1.54) is 0 Å². The van der Waals surface area contributed by atoms with Crippen LogP contribution >= 0.6 is 0 Å². The Hall–Kier alpha value is -2.11. The fourth-order valence-electron chi connectivity index (χ4n) is 2.50. The zero-order chi connectivity index (χ0) is 14.9. The minimum absolute atomic E-state index is 0.0870. The van der Waals surface area contributed by atoms with E-state index in [4.69, 9.17) is 0 Å². The van der Waals surface area contributed by atoms with Gasteiger partial charge in [0.15, 0.2) is 0 Å². The summed E-state index contributed by atoms with van der Waals surface area (Å²) in [5.74, 6) is -0.796. The molecule has 1 heterocycles. The van der Waals surface area contributed by atoms with Crippen LogP contribution in [-0.4, -0.2) is 29.1 Å². The number of aryl methyl sites for hydroxylation is 1. The van der Waals surface area contributed by atoms with Gasteiger partial charge in [-0.05, 0) is 38.3 Å². The Labute approximate surface area is 117 Å². The summed E-state index contributed by atoms with van der Waals surface area (Å²) in [6, 6.07) is 5.14. The maximum Gasteiger partial charge on any atom is 0.309 e. The van der Waals surface area contributed by atoms with Gasteiger partial charge < -0.3 is 10.0 Å². The van der Waals surface area contributed by atoms with Gasteiger partial charge in [0.2, 0.25) is 0 Å². The Kier molecular flexibility index (Phi) is 3.65. The average molecular weight is 278 g/mol. The topological polar surface area (TPSA) is 83.7 Å². The van der Waals surface area contributed by atoms with Crippen molar-refractivity contribution in [3.05, 3.63) is 33.9 Å². The number of benzene rings is 1. The van der Waals surface area contributed by atoms with Gasteiger partial charge in [-0.1, -0.05) is 6.07 Å². The smallest absolute Gasteiger partial charge is 0.309 e. The number of hydrogen-bond acceptors (Lipinski definition) is 4. The van der Waals surface area contributed by atoms with Gasteiger partial charge in [0, 0.05) is 19.2 Å².